The van der Waals surface area contributed by atoms with Crippen LogP contribution >= 0.6 is 0 Å². The van der Waals surface area contributed by atoms with Crippen molar-refractivity contribution in [2.45, 2.75) is 0 Å². The van der Waals surface area contributed by atoms with Crippen molar-refractivity contribution in [1.82, 2.24) is 9.97 Å². The number of hydrogen-bond donors (Lipinski definition) is 1. The van der Waals surface area contributed by atoms with E-state index in [2.05, 4.69) is 53.5 Å². The van der Waals surface area contributed by atoms with Gasteiger partial charge >= 0.3 is 0 Å². The molecule has 0 radical (unpaired) electrons. The average Bonchev–Trinajstić information content (AvgIpc) is 3.10. The lowest BCUT2D eigenvalue weighted by atomic mass is 9.85. The Bertz CT molecular complexity index is 2410. The van der Waals surface area contributed by atoms with Crippen LogP contribution < -0.4 is 9.47 Å². The second-order valence-corrected chi connectivity index (χ2v) is 11.1. The molecule has 0 aliphatic carbocycles. The minimum atomic E-state index is 0.168. The first-order valence-corrected chi connectivity index (χ1v) is 14.8. The average molecular weight is 585 g/mol. The molecule has 8 aromatic rings. The number of aromatic hydroxyl groups is 1. The monoisotopic (exact) mass is 584 g/mol. The SMILES string of the molecule is COc1cc(OC)cc(-c2ccc3ccccc3c2-c2c(O)c(-c3ccc4ccc5cccnc5c4n3)cc3ccccc23)c1. The number of aromatic nitrogens is 2. The van der Waals surface area contributed by atoms with Crippen molar-refractivity contribution in [2.24, 2.45) is 0 Å². The van der Waals surface area contributed by atoms with Crippen LogP contribution in [0.15, 0.2) is 128 Å². The molecule has 0 saturated heterocycles. The van der Waals surface area contributed by atoms with E-state index in [0.29, 0.717) is 22.8 Å². The van der Waals surface area contributed by atoms with Crippen molar-refractivity contribution in [1.29, 1.82) is 0 Å². The number of nitrogens with zero attached hydrogens (tertiary/aromatic N) is 2. The second kappa shape index (κ2) is 10.6. The predicted molar refractivity (Wildman–Crippen MR) is 183 cm³/mol. The van der Waals surface area contributed by atoms with Crippen molar-refractivity contribution >= 4 is 43.4 Å². The highest BCUT2D eigenvalue weighted by molar-refractivity contribution is 6.14. The highest BCUT2D eigenvalue weighted by Crippen LogP contribution is 2.49. The Morgan fingerprint density at radius 1 is 0.533 bits per heavy atom. The zero-order valence-electron chi connectivity index (χ0n) is 24.8. The second-order valence-electron chi connectivity index (χ2n) is 11.1. The molecule has 0 saturated carbocycles. The summed E-state index contributed by atoms with van der Waals surface area (Å²) in [5.74, 6) is 1.54. The standard InChI is InChI=1S/C40H28N2O3/c1-44-29-20-28(21-30(23-29)45-2)33-17-15-24-8-3-5-11-31(24)36(33)37-32-12-6-4-9-27(32)22-34(40(37)43)35-18-16-26-14-13-25-10-7-19-41-38(25)39(26)42-35/h3-23,43H,1-2H3. The Labute approximate surface area is 260 Å². The fourth-order valence-corrected chi connectivity index (χ4v) is 6.40. The van der Waals surface area contributed by atoms with Gasteiger partial charge < -0.3 is 14.6 Å². The van der Waals surface area contributed by atoms with Crippen LogP contribution in [0.4, 0.5) is 0 Å². The zero-order chi connectivity index (χ0) is 30.5. The molecule has 0 unspecified atom stereocenters. The van der Waals surface area contributed by atoms with Crippen molar-refractivity contribution in [3.8, 4) is 50.8 Å². The number of phenols is 1. The first kappa shape index (κ1) is 26.7. The number of phenolic OH excluding ortho intramolecular Hbond substituents is 1. The van der Waals surface area contributed by atoms with E-state index in [1.54, 1.807) is 20.4 Å². The van der Waals surface area contributed by atoms with Gasteiger partial charge in [0.25, 0.3) is 0 Å². The van der Waals surface area contributed by atoms with Crippen LogP contribution in [-0.2, 0) is 0 Å². The highest BCUT2D eigenvalue weighted by atomic mass is 16.5. The van der Waals surface area contributed by atoms with Gasteiger partial charge in [-0.1, -0.05) is 84.9 Å². The first-order chi connectivity index (χ1) is 22.1. The molecule has 0 aliphatic rings. The fraction of sp³-hybridized carbons (Fsp3) is 0.0500. The van der Waals surface area contributed by atoms with Crippen LogP contribution in [0, 0.1) is 0 Å². The molecule has 0 amide bonds. The maximum atomic E-state index is 12.4. The van der Waals surface area contributed by atoms with E-state index in [1.165, 1.54) is 0 Å². The third-order valence-electron chi connectivity index (χ3n) is 8.57. The molecular formula is C40H28N2O3. The number of ether oxygens (including phenoxy) is 2. The summed E-state index contributed by atoms with van der Waals surface area (Å²) in [6.45, 7) is 0. The lowest BCUT2D eigenvalue weighted by Gasteiger charge is -2.20. The number of rotatable bonds is 5. The van der Waals surface area contributed by atoms with E-state index in [0.717, 1.165) is 65.6 Å². The van der Waals surface area contributed by atoms with Gasteiger partial charge in [0.1, 0.15) is 17.2 Å². The Balaban J connectivity index is 1.47. The quantitative estimate of drug-likeness (QED) is 0.204. The molecule has 6 aromatic carbocycles. The summed E-state index contributed by atoms with van der Waals surface area (Å²) in [6, 6.07) is 40.7. The fourth-order valence-electron chi connectivity index (χ4n) is 6.40. The molecule has 0 fully saturated rings. The molecule has 2 heterocycles. The molecule has 5 heteroatoms. The largest absolute Gasteiger partial charge is 0.507 e. The Morgan fingerprint density at radius 2 is 1.16 bits per heavy atom. The molecule has 0 atom stereocenters. The molecule has 0 bridgehead atoms. The van der Waals surface area contributed by atoms with Gasteiger partial charge in [-0.15, -0.1) is 0 Å². The van der Waals surface area contributed by atoms with Gasteiger partial charge in [0.15, 0.2) is 0 Å². The molecule has 45 heavy (non-hydrogen) atoms. The molecule has 0 spiro atoms. The van der Waals surface area contributed by atoms with E-state index in [4.69, 9.17) is 14.5 Å². The van der Waals surface area contributed by atoms with Crippen molar-refractivity contribution in [2.75, 3.05) is 14.2 Å². The molecule has 216 valence electrons. The van der Waals surface area contributed by atoms with E-state index in [-0.39, 0.29) is 5.75 Å². The van der Waals surface area contributed by atoms with Crippen molar-refractivity contribution in [3.63, 3.8) is 0 Å². The van der Waals surface area contributed by atoms with Gasteiger partial charge in [-0.25, -0.2) is 4.98 Å². The Morgan fingerprint density at radius 3 is 1.91 bits per heavy atom. The molecule has 8 rings (SSSR count). The lowest BCUT2D eigenvalue weighted by molar-refractivity contribution is 0.394. The summed E-state index contributed by atoms with van der Waals surface area (Å²) in [6.07, 6.45) is 1.79. The third-order valence-corrected chi connectivity index (χ3v) is 8.57. The van der Waals surface area contributed by atoms with Crippen molar-refractivity contribution < 1.29 is 14.6 Å². The van der Waals surface area contributed by atoms with E-state index < -0.39 is 0 Å². The normalized spacial score (nSPS) is 11.4. The number of pyridine rings is 2. The van der Waals surface area contributed by atoms with Gasteiger partial charge in [0.05, 0.1) is 30.9 Å². The maximum absolute atomic E-state index is 12.4. The molecular weight excluding hydrogens is 556 g/mol. The number of methoxy groups -OCH3 is 2. The molecule has 1 N–H and O–H groups in total. The van der Waals surface area contributed by atoms with Gasteiger partial charge in [-0.3, -0.25) is 4.98 Å². The predicted octanol–water partition coefficient (Wildman–Crippen LogP) is 9.81. The summed E-state index contributed by atoms with van der Waals surface area (Å²) >= 11 is 0. The van der Waals surface area contributed by atoms with Crippen LogP contribution in [-0.4, -0.2) is 29.3 Å². The van der Waals surface area contributed by atoms with E-state index in [1.807, 2.05) is 72.8 Å². The minimum Gasteiger partial charge on any atom is -0.507 e. The van der Waals surface area contributed by atoms with Crippen LogP contribution in [0.3, 0.4) is 0 Å². The van der Waals surface area contributed by atoms with Crippen LogP contribution in [0.1, 0.15) is 0 Å². The molecule has 0 aliphatic heterocycles. The lowest BCUT2D eigenvalue weighted by Crippen LogP contribution is -1.95. The maximum Gasteiger partial charge on any atom is 0.133 e. The topological polar surface area (TPSA) is 64.5 Å². The number of benzene rings is 6. The van der Waals surface area contributed by atoms with E-state index >= 15 is 0 Å². The first-order valence-electron chi connectivity index (χ1n) is 14.8. The number of fused-ring (bicyclic) bond motifs is 5. The Kier molecular flexibility index (Phi) is 6.31. The highest BCUT2D eigenvalue weighted by Gasteiger charge is 2.22. The van der Waals surface area contributed by atoms with E-state index in [9.17, 15) is 5.11 Å². The smallest absolute Gasteiger partial charge is 0.133 e. The summed E-state index contributed by atoms with van der Waals surface area (Å²) in [7, 11) is 3.30. The molecule has 5 nitrogen and oxygen atoms in total. The summed E-state index contributed by atoms with van der Waals surface area (Å²) in [5.41, 5.74) is 6.50. The summed E-state index contributed by atoms with van der Waals surface area (Å²) in [5, 5.41) is 18.5. The van der Waals surface area contributed by atoms with Gasteiger partial charge in [0.2, 0.25) is 0 Å². The van der Waals surface area contributed by atoms with Gasteiger partial charge in [-0.05, 0) is 63.0 Å². The third kappa shape index (κ3) is 4.40. The van der Waals surface area contributed by atoms with Crippen LogP contribution in [0.5, 0.6) is 17.2 Å². The van der Waals surface area contributed by atoms with Crippen LogP contribution in [0.2, 0.25) is 0 Å². The Hall–Kier alpha value is -5.94. The molecule has 2 aromatic heterocycles. The number of hydrogen-bond acceptors (Lipinski definition) is 5. The minimum absolute atomic E-state index is 0.168. The summed E-state index contributed by atoms with van der Waals surface area (Å²) < 4.78 is 11.3. The van der Waals surface area contributed by atoms with Gasteiger partial charge in [0, 0.05) is 39.7 Å². The van der Waals surface area contributed by atoms with Gasteiger partial charge in [-0.2, -0.15) is 0 Å². The summed E-state index contributed by atoms with van der Waals surface area (Å²) in [4.78, 5) is 9.75. The van der Waals surface area contributed by atoms with Crippen molar-refractivity contribution in [3.05, 3.63) is 128 Å². The van der Waals surface area contributed by atoms with Crippen LogP contribution in [0.25, 0.3) is 76.9 Å². The zero-order valence-corrected chi connectivity index (χ0v) is 24.8.